The lowest BCUT2D eigenvalue weighted by Crippen LogP contribution is -2.55. The summed E-state index contributed by atoms with van der Waals surface area (Å²) in [5.41, 5.74) is -0.686. The molecule has 1 saturated carbocycles. The maximum absolute atomic E-state index is 13.5. The van der Waals surface area contributed by atoms with E-state index in [2.05, 4.69) is 0 Å². The standard InChI is InChI=1S/C13H15ClFNO3/c1-3-13(2)11(14)7-12(13)19-8-4-5-10(16(17)18)9(15)6-8/h4-6,11-12H,3,7H2,1-2H3. The number of halogens is 2. The van der Waals surface area contributed by atoms with Gasteiger partial charge in [0.15, 0.2) is 0 Å². The lowest BCUT2D eigenvalue weighted by molar-refractivity contribution is -0.387. The summed E-state index contributed by atoms with van der Waals surface area (Å²) < 4.78 is 19.2. The van der Waals surface area contributed by atoms with Crippen LogP contribution in [-0.2, 0) is 0 Å². The zero-order chi connectivity index (χ0) is 14.2. The van der Waals surface area contributed by atoms with Crippen molar-refractivity contribution in [2.75, 3.05) is 0 Å². The third-order valence-corrected chi connectivity index (χ3v) is 4.70. The Hall–Kier alpha value is -1.36. The molecular weight excluding hydrogens is 273 g/mol. The van der Waals surface area contributed by atoms with Crippen LogP contribution in [0.2, 0.25) is 0 Å². The van der Waals surface area contributed by atoms with Gasteiger partial charge in [-0.2, -0.15) is 4.39 Å². The predicted molar refractivity (Wildman–Crippen MR) is 70.1 cm³/mol. The van der Waals surface area contributed by atoms with E-state index >= 15 is 0 Å². The number of ether oxygens (including phenoxy) is 1. The Labute approximate surface area is 115 Å². The van der Waals surface area contributed by atoms with Crippen molar-refractivity contribution in [1.82, 2.24) is 0 Å². The summed E-state index contributed by atoms with van der Waals surface area (Å²) in [6.45, 7) is 4.06. The van der Waals surface area contributed by atoms with E-state index in [4.69, 9.17) is 16.3 Å². The van der Waals surface area contributed by atoms with Gasteiger partial charge in [0, 0.05) is 29.3 Å². The average molecular weight is 288 g/mol. The summed E-state index contributed by atoms with van der Waals surface area (Å²) in [6, 6.07) is 3.58. The van der Waals surface area contributed by atoms with Crippen molar-refractivity contribution in [3.8, 4) is 5.75 Å². The van der Waals surface area contributed by atoms with Crippen molar-refractivity contribution in [1.29, 1.82) is 0 Å². The van der Waals surface area contributed by atoms with Gasteiger partial charge < -0.3 is 4.74 Å². The highest BCUT2D eigenvalue weighted by molar-refractivity contribution is 6.21. The van der Waals surface area contributed by atoms with E-state index in [1.165, 1.54) is 6.07 Å². The zero-order valence-corrected chi connectivity index (χ0v) is 11.5. The molecule has 1 fully saturated rings. The summed E-state index contributed by atoms with van der Waals surface area (Å²) in [6.07, 6.45) is 1.48. The third kappa shape index (κ3) is 2.39. The van der Waals surface area contributed by atoms with Gasteiger partial charge in [-0.25, -0.2) is 0 Å². The Kier molecular flexibility index (Phi) is 3.67. The Bertz CT molecular complexity index is 511. The highest BCUT2D eigenvalue weighted by Crippen LogP contribution is 2.49. The molecule has 0 aliphatic heterocycles. The van der Waals surface area contributed by atoms with Gasteiger partial charge in [0.1, 0.15) is 11.9 Å². The average Bonchev–Trinajstić information content (AvgIpc) is 2.37. The van der Waals surface area contributed by atoms with Crippen molar-refractivity contribution in [3.63, 3.8) is 0 Å². The van der Waals surface area contributed by atoms with Crippen molar-refractivity contribution in [2.45, 2.75) is 38.2 Å². The first kappa shape index (κ1) is 14.1. The zero-order valence-electron chi connectivity index (χ0n) is 10.7. The van der Waals surface area contributed by atoms with Crippen LogP contribution in [-0.4, -0.2) is 16.4 Å². The van der Waals surface area contributed by atoms with Gasteiger partial charge in [-0.15, -0.1) is 11.6 Å². The van der Waals surface area contributed by atoms with Gasteiger partial charge in [0.25, 0.3) is 0 Å². The number of hydrogen-bond acceptors (Lipinski definition) is 3. The molecule has 0 spiro atoms. The molecule has 0 aromatic heterocycles. The second-order valence-electron chi connectivity index (χ2n) is 5.04. The monoisotopic (exact) mass is 287 g/mol. The summed E-state index contributed by atoms with van der Waals surface area (Å²) in [4.78, 5) is 9.77. The number of nitro benzene ring substituents is 1. The van der Waals surface area contributed by atoms with Crippen LogP contribution in [0.25, 0.3) is 0 Å². The fourth-order valence-electron chi connectivity index (χ4n) is 2.27. The molecule has 0 radical (unpaired) electrons. The number of rotatable bonds is 4. The fourth-order valence-corrected chi connectivity index (χ4v) is 2.73. The van der Waals surface area contributed by atoms with E-state index in [1.54, 1.807) is 0 Å². The van der Waals surface area contributed by atoms with Crippen LogP contribution in [0, 0.1) is 21.3 Å². The molecule has 1 aromatic carbocycles. The summed E-state index contributed by atoms with van der Waals surface area (Å²) in [5.74, 6) is -0.584. The highest BCUT2D eigenvalue weighted by Gasteiger charge is 2.51. The lowest BCUT2D eigenvalue weighted by atomic mass is 9.65. The molecule has 0 bridgehead atoms. The van der Waals surface area contributed by atoms with E-state index in [1.807, 2.05) is 13.8 Å². The second-order valence-corrected chi connectivity index (χ2v) is 5.57. The molecular formula is C13H15ClFNO3. The summed E-state index contributed by atoms with van der Waals surface area (Å²) >= 11 is 6.17. The molecule has 0 saturated heterocycles. The topological polar surface area (TPSA) is 52.4 Å². The van der Waals surface area contributed by atoms with Gasteiger partial charge in [0.2, 0.25) is 5.82 Å². The minimum atomic E-state index is -0.887. The van der Waals surface area contributed by atoms with E-state index in [9.17, 15) is 14.5 Å². The van der Waals surface area contributed by atoms with Crippen LogP contribution >= 0.6 is 11.6 Å². The van der Waals surface area contributed by atoms with Gasteiger partial charge in [-0.1, -0.05) is 13.8 Å². The van der Waals surface area contributed by atoms with Crippen molar-refractivity contribution in [3.05, 3.63) is 34.1 Å². The Morgan fingerprint density at radius 1 is 1.63 bits per heavy atom. The smallest absolute Gasteiger partial charge is 0.305 e. The third-order valence-electron chi connectivity index (χ3n) is 4.03. The number of nitro groups is 1. The van der Waals surface area contributed by atoms with Gasteiger partial charge >= 0.3 is 5.69 Å². The van der Waals surface area contributed by atoms with Crippen LogP contribution < -0.4 is 4.74 Å². The largest absolute Gasteiger partial charge is 0.490 e. The Morgan fingerprint density at radius 3 is 2.79 bits per heavy atom. The quantitative estimate of drug-likeness (QED) is 0.479. The molecule has 1 aliphatic rings. The van der Waals surface area contributed by atoms with E-state index in [0.29, 0.717) is 12.2 Å². The number of alkyl halides is 1. The van der Waals surface area contributed by atoms with Crippen LogP contribution in [0.1, 0.15) is 26.7 Å². The minimum absolute atomic E-state index is 0.0467. The Balaban J connectivity index is 2.13. The lowest BCUT2D eigenvalue weighted by Gasteiger charge is -2.50. The molecule has 3 atom stereocenters. The summed E-state index contributed by atoms with van der Waals surface area (Å²) in [7, 11) is 0. The first-order valence-electron chi connectivity index (χ1n) is 6.13. The molecule has 1 aliphatic carbocycles. The van der Waals surface area contributed by atoms with Crippen molar-refractivity contribution < 1.29 is 14.1 Å². The second kappa shape index (κ2) is 4.96. The summed E-state index contributed by atoms with van der Waals surface area (Å²) in [5, 5.41) is 10.6. The predicted octanol–water partition coefficient (Wildman–Crippen LogP) is 3.91. The minimum Gasteiger partial charge on any atom is -0.490 e. The van der Waals surface area contributed by atoms with Crippen molar-refractivity contribution >= 4 is 17.3 Å². The molecule has 0 N–H and O–H groups in total. The first-order valence-corrected chi connectivity index (χ1v) is 6.56. The SMILES string of the molecule is CCC1(C)C(Cl)CC1Oc1ccc([N+](=O)[O-])c(F)c1. The van der Waals surface area contributed by atoms with Gasteiger partial charge in [-0.3, -0.25) is 10.1 Å². The molecule has 19 heavy (non-hydrogen) atoms. The molecule has 0 heterocycles. The number of hydrogen-bond donors (Lipinski definition) is 0. The maximum atomic E-state index is 13.5. The maximum Gasteiger partial charge on any atom is 0.305 e. The van der Waals surface area contributed by atoms with Gasteiger partial charge in [-0.05, 0) is 12.5 Å². The number of nitrogens with zero attached hydrogens (tertiary/aromatic N) is 1. The van der Waals surface area contributed by atoms with Crippen molar-refractivity contribution in [2.24, 2.45) is 5.41 Å². The number of benzene rings is 1. The van der Waals surface area contributed by atoms with Crippen LogP contribution in [0.3, 0.4) is 0 Å². The van der Waals surface area contributed by atoms with E-state index in [0.717, 1.165) is 18.6 Å². The van der Waals surface area contributed by atoms with Crippen LogP contribution in [0.4, 0.5) is 10.1 Å². The first-order chi connectivity index (χ1) is 8.88. The molecule has 104 valence electrons. The normalized spacial score (nSPS) is 29.7. The highest BCUT2D eigenvalue weighted by atomic mass is 35.5. The van der Waals surface area contributed by atoms with Gasteiger partial charge in [0.05, 0.1) is 4.92 Å². The fraction of sp³-hybridized carbons (Fsp3) is 0.538. The van der Waals surface area contributed by atoms with E-state index in [-0.39, 0.29) is 16.9 Å². The van der Waals surface area contributed by atoms with E-state index < -0.39 is 16.4 Å². The van der Waals surface area contributed by atoms with Crippen LogP contribution in [0.15, 0.2) is 18.2 Å². The van der Waals surface area contributed by atoms with Crippen LogP contribution in [0.5, 0.6) is 5.75 Å². The molecule has 1 aromatic rings. The molecule has 4 nitrogen and oxygen atoms in total. The molecule has 2 rings (SSSR count). The molecule has 3 unspecified atom stereocenters. The molecule has 0 amide bonds. The molecule has 6 heteroatoms. The Morgan fingerprint density at radius 2 is 2.32 bits per heavy atom.